The van der Waals surface area contributed by atoms with Crippen molar-refractivity contribution in [3.8, 4) is 23.0 Å². The van der Waals surface area contributed by atoms with Crippen LogP contribution in [0.1, 0.15) is 11.1 Å². The highest BCUT2D eigenvalue weighted by Gasteiger charge is 2.07. The molecule has 0 aliphatic rings. The number of hydrazone groups is 1. The first kappa shape index (κ1) is 17.1. The lowest BCUT2D eigenvalue weighted by atomic mass is 10.1. The maximum Gasteiger partial charge on any atom is 0.244 e. The van der Waals surface area contributed by atoms with Crippen molar-refractivity contribution in [2.45, 2.75) is 6.42 Å². The van der Waals surface area contributed by atoms with E-state index in [2.05, 4.69) is 10.5 Å². The highest BCUT2D eigenvalue weighted by Crippen LogP contribution is 2.26. The molecule has 0 saturated carbocycles. The number of ether oxygens (including phenoxy) is 2. The van der Waals surface area contributed by atoms with Crippen molar-refractivity contribution in [1.29, 1.82) is 0 Å². The number of carbonyl (C=O) groups excluding carboxylic acids is 1. The van der Waals surface area contributed by atoms with E-state index in [0.29, 0.717) is 22.6 Å². The number of nitrogens with zero attached hydrogens (tertiary/aromatic N) is 1. The molecule has 0 aliphatic heterocycles. The number of amides is 1. The van der Waals surface area contributed by atoms with Gasteiger partial charge in [0.25, 0.3) is 0 Å². The minimum Gasteiger partial charge on any atom is -0.508 e. The summed E-state index contributed by atoms with van der Waals surface area (Å²) in [6, 6.07) is 9.29. The van der Waals surface area contributed by atoms with Crippen molar-refractivity contribution in [3.05, 3.63) is 47.5 Å². The molecule has 7 heteroatoms. The smallest absolute Gasteiger partial charge is 0.244 e. The molecule has 0 radical (unpaired) electrons. The molecule has 0 unspecified atom stereocenters. The van der Waals surface area contributed by atoms with Crippen molar-refractivity contribution < 1.29 is 24.5 Å². The molecular formula is C17H18N2O5. The van der Waals surface area contributed by atoms with E-state index < -0.39 is 0 Å². The molecule has 0 spiro atoms. The molecular weight excluding hydrogens is 312 g/mol. The third kappa shape index (κ3) is 4.39. The van der Waals surface area contributed by atoms with Gasteiger partial charge in [-0.15, -0.1) is 0 Å². The van der Waals surface area contributed by atoms with Gasteiger partial charge in [0.05, 0.1) is 26.9 Å². The maximum absolute atomic E-state index is 11.9. The van der Waals surface area contributed by atoms with Crippen LogP contribution in [0.2, 0.25) is 0 Å². The Kier molecular flexibility index (Phi) is 5.62. The van der Waals surface area contributed by atoms with Crippen molar-refractivity contribution in [2.24, 2.45) is 5.10 Å². The molecule has 0 atom stereocenters. The molecule has 2 aromatic carbocycles. The monoisotopic (exact) mass is 330 g/mol. The SMILES string of the molecule is COc1ccc(CC(=O)NN=Cc2ccc(O)cc2OC)cc1O. The molecule has 0 bridgehead atoms. The molecule has 0 heterocycles. The fourth-order valence-corrected chi connectivity index (χ4v) is 2.05. The van der Waals surface area contributed by atoms with E-state index in [9.17, 15) is 15.0 Å². The van der Waals surface area contributed by atoms with Gasteiger partial charge >= 0.3 is 0 Å². The van der Waals surface area contributed by atoms with E-state index in [-0.39, 0.29) is 23.8 Å². The zero-order valence-corrected chi connectivity index (χ0v) is 13.3. The van der Waals surface area contributed by atoms with Crippen molar-refractivity contribution in [3.63, 3.8) is 0 Å². The number of benzene rings is 2. The van der Waals surface area contributed by atoms with Crippen LogP contribution in [0.25, 0.3) is 0 Å². The summed E-state index contributed by atoms with van der Waals surface area (Å²) in [4.78, 5) is 11.9. The summed E-state index contributed by atoms with van der Waals surface area (Å²) in [5.74, 6) is 0.491. The Bertz CT molecular complexity index is 759. The Labute approximate surface area is 139 Å². The quantitative estimate of drug-likeness (QED) is 0.554. The average Bonchev–Trinajstić information content (AvgIpc) is 2.56. The number of phenolic OH excluding ortho intramolecular Hbond substituents is 2. The van der Waals surface area contributed by atoms with Crippen molar-refractivity contribution >= 4 is 12.1 Å². The minimum atomic E-state index is -0.339. The molecule has 7 nitrogen and oxygen atoms in total. The minimum absolute atomic E-state index is 0.0277. The van der Waals surface area contributed by atoms with Gasteiger partial charge in [-0.25, -0.2) is 5.43 Å². The highest BCUT2D eigenvalue weighted by molar-refractivity contribution is 5.86. The van der Waals surface area contributed by atoms with E-state index in [1.807, 2.05) is 0 Å². The third-order valence-corrected chi connectivity index (χ3v) is 3.22. The zero-order valence-electron chi connectivity index (χ0n) is 13.3. The molecule has 24 heavy (non-hydrogen) atoms. The normalized spacial score (nSPS) is 10.6. The van der Waals surface area contributed by atoms with E-state index in [1.165, 1.54) is 38.6 Å². The van der Waals surface area contributed by atoms with Crippen LogP contribution in [0.3, 0.4) is 0 Å². The number of carbonyl (C=O) groups is 1. The molecule has 3 N–H and O–H groups in total. The molecule has 0 saturated heterocycles. The molecule has 126 valence electrons. The average molecular weight is 330 g/mol. The zero-order chi connectivity index (χ0) is 17.5. The van der Waals surface area contributed by atoms with Crippen LogP contribution in [-0.2, 0) is 11.2 Å². The predicted octanol–water partition coefficient (Wildman–Crippen LogP) is 1.81. The Morgan fingerprint density at radius 1 is 1.12 bits per heavy atom. The summed E-state index contributed by atoms with van der Waals surface area (Å²) in [6.07, 6.45) is 1.48. The lowest BCUT2D eigenvalue weighted by Gasteiger charge is -2.06. The maximum atomic E-state index is 11.9. The lowest BCUT2D eigenvalue weighted by molar-refractivity contribution is -0.120. The van der Waals surface area contributed by atoms with E-state index in [4.69, 9.17) is 9.47 Å². The number of methoxy groups -OCH3 is 2. The first-order valence-corrected chi connectivity index (χ1v) is 7.08. The van der Waals surface area contributed by atoms with E-state index in [0.717, 1.165) is 0 Å². The Morgan fingerprint density at radius 3 is 2.54 bits per heavy atom. The summed E-state index contributed by atoms with van der Waals surface area (Å²) in [5.41, 5.74) is 3.63. The van der Waals surface area contributed by atoms with Gasteiger partial charge in [0.1, 0.15) is 11.5 Å². The van der Waals surface area contributed by atoms with Crippen LogP contribution in [0.4, 0.5) is 0 Å². The van der Waals surface area contributed by atoms with E-state index >= 15 is 0 Å². The summed E-state index contributed by atoms with van der Waals surface area (Å²) >= 11 is 0. The molecule has 0 aromatic heterocycles. The second-order valence-electron chi connectivity index (χ2n) is 4.90. The van der Waals surface area contributed by atoms with Gasteiger partial charge in [-0.2, -0.15) is 5.10 Å². The van der Waals surface area contributed by atoms with Gasteiger partial charge < -0.3 is 19.7 Å². The summed E-state index contributed by atoms with van der Waals surface area (Å²) in [5, 5.41) is 22.9. The van der Waals surface area contributed by atoms with Crippen LogP contribution < -0.4 is 14.9 Å². The van der Waals surface area contributed by atoms with Crippen molar-refractivity contribution in [2.75, 3.05) is 14.2 Å². The van der Waals surface area contributed by atoms with Gasteiger partial charge in [-0.3, -0.25) is 4.79 Å². The molecule has 2 aromatic rings. The lowest BCUT2D eigenvalue weighted by Crippen LogP contribution is -2.19. The van der Waals surface area contributed by atoms with Gasteiger partial charge in [0.2, 0.25) is 5.91 Å². The number of rotatable bonds is 6. The van der Waals surface area contributed by atoms with Crippen LogP contribution in [0.5, 0.6) is 23.0 Å². The van der Waals surface area contributed by atoms with E-state index in [1.54, 1.807) is 18.2 Å². The van der Waals surface area contributed by atoms with Crippen LogP contribution >= 0.6 is 0 Å². The first-order chi connectivity index (χ1) is 11.5. The Hall–Kier alpha value is -3.22. The second-order valence-corrected chi connectivity index (χ2v) is 4.90. The topological polar surface area (TPSA) is 100 Å². The standard InChI is InChI=1S/C17H18N2O5/c1-23-15-6-3-11(7-14(15)21)8-17(22)19-18-10-12-4-5-13(20)9-16(12)24-2/h3-7,9-10,20-21H,8H2,1-2H3,(H,19,22). The Morgan fingerprint density at radius 2 is 1.88 bits per heavy atom. The second kappa shape index (κ2) is 7.87. The fraction of sp³-hybridized carbons (Fsp3) is 0.176. The Balaban J connectivity index is 1.97. The summed E-state index contributed by atoms with van der Waals surface area (Å²) in [6.45, 7) is 0. The van der Waals surface area contributed by atoms with Gasteiger partial charge in [0.15, 0.2) is 11.5 Å². The summed E-state index contributed by atoms with van der Waals surface area (Å²) < 4.78 is 10.1. The predicted molar refractivity (Wildman–Crippen MR) is 88.8 cm³/mol. The number of phenols is 2. The number of hydrogen-bond acceptors (Lipinski definition) is 6. The number of aromatic hydroxyl groups is 2. The largest absolute Gasteiger partial charge is 0.508 e. The molecule has 1 amide bonds. The van der Waals surface area contributed by atoms with Crippen LogP contribution in [0, 0.1) is 0 Å². The van der Waals surface area contributed by atoms with Gasteiger partial charge in [-0.1, -0.05) is 6.07 Å². The molecule has 0 fully saturated rings. The van der Waals surface area contributed by atoms with Crippen molar-refractivity contribution in [1.82, 2.24) is 5.43 Å². The fourth-order valence-electron chi connectivity index (χ4n) is 2.05. The summed E-state index contributed by atoms with van der Waals surface area (Å²) in [7, 11) is 2.93. The highest BCUT2D eigenvalue weighted by atomic mass is 16.5. The number of hydrogen-bond donors (Lipinski definition) is 3. The van der Waals surface area contributed by atoms with Crippen LogP contribution in [-0.4, -0.2) is 36.6 Å². The molecule has 0 aliphatic carbocycles. The molecule has 2 rings (SSSR count). The van der Waals surface area contributed by atoms with Gasteiger partial charge in [0, 0.05) is 11.6 Å². The first-order valence-electron chi connectivity index (χ1n) is 7.08. The third-order valence-electron chi connectivity index (χ3n) is 3.22. The van der Waals surface area contributed by atoms with Crippen LogP contribution in [0.15, 0.2) is 41.5 Å². The number of nitrogens with one attached hydrogen (secondary N) is 1. The van der Waals surface area contributed by atoms with Gasteiger partial charge in [-0.05, 0) is 29.8 Å².